The molecule has 1 amide bonds. The van der Waals surface area contributed by atoms with Gasteiger partial charge in [-0.1, -0.05) is 18.2 Å². The van der Waals surface area contributed by atoms with Crippen LogP contribution in [0.15, 0.2) is 24.3 Å². The number of hydrogen-bond acceptors (Lipinski definition) is 3. The number of rotatable bonds is 3. The molecule has 1 aromatic rings. The fourth-order valence-electron chi connectivity index (χ4n) is 3.23. The van der Waals surface area contributed by atoms with Crippen molar-refractivity contribution in [2.75, 3.05) is 39.3 Å². The smallest absolute Gasteiger partial charge is 0.227 e. The van der Waals surface area contributed by atoms with E-state index in [0.717, 1.165) is 45.7 Å². The van der Waals surface area contributed by atoms with Crippen molar-refractivity contribution in [3.8, 4) is 0 Å². The predicted octanol–water partition coefficient (Wildman–Crippen LogP) is 1.30. The Bertz CT molecular complexity index is 508. The van der Waals surface area contributed by atoms with Crippen LogP contribution < -0.4 is 5.32 Å². The van der Waals surface area contributed by atoms with E-state index >= 15 is 0 Å². The highest BCUT2D eigenvalue weighted by Gasteiger charge is 2.30. The van der Waals surface area contributed by atoms with Gasteiger partial charge in [-0.15, -0.1) is 12.4 Å². The van der Waals surface area contributed by atoms with Crippen LogP contribution in [0.2, 0.25) is 0 Å². The third-order valence-electron chi connectivity index (χ3n) is 4.48. The van der Waals surface area contributed by atoms with Crippen molar-refractivity contribution in [1.29, 1.82) is 0 Å². The number of benzene rings is 1. The minimum Gasteiger partial charge on any atom is -0.341 e. The molecular weight excluding hydrogens is 305 g/mol. The first-order chi connectivity index (χ1) is 10.2. The van der Waals surface area contributed by atoms with Crippen molar-refractivity contribution in [3.05, 3.63) is 35.6 Å². The first kappa shape index (κ1) is 17.2. The number of halogens is 2. The van der Waals surface area contributed by atoms with Gasteiger partial charge >= 0.3 is 0 Å². The van der Waals surface area contributed by atoms with Crippen molar-refractivity contribution in [1.82, 2.24) is 15.1 Å². The van der Waals surface area contributed by atoms with E-state index in [1.165, 1.54) is 6.07 Å². The molecule has 6 heteroatoms. The Kier molecular flexibility index (Phi) is 6.17. The lowest BCUT2D eigenvalue weighted by atomic mass is 10.1. The second-order valence-electron chi connectivity index (χ2n) is 5.84. The molecule has 1 unspecified atom stereocenters. The molecule has 3 rings (SSSR count). The third-order valence-corrected chi connectivity index (χ3v) is 4.48. The first-order valence-electron chi connectivity index (χ1n) is 7.70. The maximum Gasteiger partial charge on any atom is 0.227 e. The summed E-state index contributed by atoms with van der Waals surface area (Å²) in [5, 5.41) is 3.35. The molecule has 0 saturated carbocycles. The van der Waals surface area contributed by atoms with Crippen LogP contribution in [-0.2, 0) is 11.2 Å². The van der Waals surface area contributed by atoms with E-state index in [1.54, 1.807) is 18.2 Å². The zero-order valence-corrected chi connectivity index (χ0v) is 13.4. The zero-order chi connectivity index (χ0) is 14.7. The standard InChI is InChI=1S/C16H22FN3O.ClH/c17-15-4-2-1-3-13(15)11-16(21)20-8-5-14(12-20)19-9-6-18-7-10-19;/h1-4,14,18H,5-12H2;1H. The summed E-state index contributed by atoms with van der Waals surface area (Å²) >= 11 is 0. The monoisotopic (exact) mass is 327 g/mol. The molecule has 1 N–H and O–H groups in total. The summed E-state index contributed by atoms with van der Waals surface area (Å²) in [7, 11) is 0. The minimum atomic E-state index is -0.288. The fourth-order valence-corrected chi connectivity index (χ4v) is 3.23. The summed E-state index contributed by atoms with van der Waals surface area (Å²) in [6, 6.07) is 7.00. The maximum atomic E-state index is 13.6. The van der Waals surface area contributed by atoms with Gasteiger partial charge in [0.05, 0.1) is 6.42 Å². The minimum absolute atomic E-state index is 0. The van der Waals surface area contributed by atoms with Gasteiger partial charge in [0.25, 0.3) is 0 Å². The second-order valence-corrected chi connectivity index (χ2v) is 5.84. The van der Waals surface area contributed by atoms with Gasteiger partial charge in [-0.3, -0.25) is 9.69 Å². The molecule has 0 radical (unpaired) electrons. The van der Waals surface area contributed by atoms with E-state index in [1.807, 2.05) is 4.90 Å². The van der Waals surface area contributed by atoms with E-state index < -0.39 is 0 Å². The van der Waals surface area contributed by atoms with Gasteiger partial charge in [-0.05, 0) is 18.1 Å². The van der Waals surface area contributed by atoms with Crippen molar-refractivity contribution >= 4 is 18.3 Å². The summed E-state index contributed by atoms with van der Waals surface area (Å²) in [6.07, 6.45) is 1.20. The Hall–Kier alpha value is -1.17. The molecule has 0 aliphatic carbocycles. The van der Waals surface area contributed by atoms with Crippen molar-refractivity contribution in [2.45, 2.75) is 18.9 Å². The van der Waals surface area contributed by atoms with E-state index in [-0.39, 0.29) is 30.6 Å². The van der Waals surface area contributed by atoms with Gasteiger partial charge in [-0.2, -0.15) is 0 Å². The number of hydrogen-bond donors (Lipinski definition) is 1. The summed E-state index contributed by atoms with van der Waals surface area (Å²) in [5.74, 6) is -0.249. The first-order valence-corrected chi connectivity index (χ1v) is 7.70. The number of nitrogens with one attached hydrogen (secondary N) is 1. The molecule has 0 spiro atoms. The highest BCUT2D eigenvalue weighted by atomic mass is 35.5. The molecule has 4 nitrogen and oxygen atoms in total. The third kappa shape index (κ3) is 3.97. The van der Waals surface area contributed by atoms with E-state index in [9.17, 15) is 9.18 Å². The van der Waals surface area contributed by atoms with Crippen molar-refractivity contribution in [3.63, 3.8) is 0 Å². The molecule has 1 aromatic carbocycles. The largest absolute Gasteiger partial charge is 0.341 e. The van der Waals surface area contributed by atoms with Crippen molar-refractivity contribution < 1.29 is 9.18 Å². The molecule has 22 heavy (non-hydrogen) atoms. The summed E-state index contributed by atoms with van der Waals surface area (Å²) in [5.41, 5.74) is 0.494. The lowest BCUT2D eigenvalue weighted by Crippen LogP contribution is -2.49. The summed E-state index contributed by atoms with van der Waals surface area (Å²) < 4.78 is 13.6. The fraction of sp³-hybridized carbons (Fsp3) is 0.562. The maximum absolute atomic E-state index is 13.6. The number of likely N-dealkylation sites (tertiary alicyclic amines) is 1. The predicted molar refractivity (Wildman–Crippen MR) is 86.8 cm³/mol. The lowest BCUT2D eigenvalue weighted by Gasteiger charge is -2.32. The van der Waals surface area contributed by atoms with Gasteiger partial charge < -0.3 is 10.2 Å². The SMILES string of the molecule is Cl.O=C(Cc1ccccc1F)N1CCC(N2CCNCC2)C1. The molecule has 2 heterocycles. The summed E-state index contributed by atoms with van der Waals surface area (Å²) in [6.45, 7) is 5.74. The average Bonchev–Trinajstić information content (AvgIpc) is 3.00. The van der Waals surface area contributed by atoms with Gasteiger partial charge in [0.1, 0.15) is 5.82 Å². The topological polar surface area (TPSA) is 35.6 Å². The lowest BCUT2D eigenvalue weighted by molar-refractivity contribution is -0.129. The molecule has 2 saturated heterocycles. The Morgan fingerprint density at radius 3 is 2.68 bits per heavy atom. The van der Waals surface area contributed by atoms with Crippen LogP contribution in [0.25, 0.3) is 0 Å². The van der Waals surface area contributed by atoms with Crippen LogP contribution in [0.3, 0.4) is 0 Å². The van der Waals surface area contributed by atoms with Crippen LogP contribution in [-0.4, -0.2) is 61.0 Å². The molecule has 0 bridgehead atoms. The average molecular weight is 328 g/mol. The molecule has 0 aromatic heterocycles. The van der Waals surface area contributed by atoms with Crippen LogP contribution in [0.4, 0.5) is 4.39 Å². The van der Waals surface area contributed by atoms with E-state index in [0.29, 0.717) is 11.6 Å². The summed E-state index contributed by atoms with van der Waals surface area (Å²) in [4.78, 5) is 16.7. The zero-order valence-electron chi connectivity index (χ0n) is 12.6. The van der Waals surface area contributed by atoms with Gasteiger partial charge in [0.15, 0.2) is 0 Å². The Balaban J connectivity index is 0.00000176. The number of nitrogens with zero attached hydrogens (tertiary/aromatic N) is 2. The van der Waals surface area contributed by atoms with Gasteiger partial charge in [0, 0.05) is 45.3 Å². The highest BCUT2D eigenvalue weighted by Crippen LogP contribution is 2.18. The Morgan fingerprint density at radius 2 is 1.95 bits per heavy atom. The van der Waals surface area contributed by atoms with Crippen molar-refractivity contribution in [2.24, 2.45) is 0 Å². The molecule has 2 aliphatic heterocycles. The van der Waals surface area contributed by atoms with Crippen LogP contribution in [0.1, 0.15) is 12.0 Å². The van der Waals surface area contributed by atoms with Crippen LogP contribution >= 0.6 is 12.4 Å². The normalized spacial score (nSPS) is 22.4. The highest BCUT2D eigenvalue weighted by molar-refractivity contribution is 5.85. The van der Waals surface area contributed by atoms with Gasteiger partial charge in [-0.25, -0.2) is 4.39 Å². The van der Waals surface area contributed by atoms with Crippen LogP contribution in [0, 0.1) is 5.82 Å². The molecule has 122 valence electrons. The van der Waals surface area contributed by atoms with E-state index in [4.69, 9.17) is 0 Å². The second kappa shape index (κ2) is 7.90. The molecule has 2 aliphatic rings. The van der Waals surface area contributed by atoms with E-state index in [2.05, 4.69) is 10.2 Å². The van der Waals surface area contributed by atoms with Crippen LogP contribution in [0.5, 0.6) is 0 Å². The quantitative estimate of drug-likeness (QED) is 0.909. The van der Waals surface area contributed by atoms with Gasteiger partial charge in [0.2, 0.25) is 5.91 Å². The Labute approximate surface area is 137 Å². The molecular formula is C16H23ClFN3O. The number of amides is 1. The number of piperazine rings is 1. The Morgan fingerprint density at radius 1 is 1.23 bits per heavy atom. The number of carbonyl (C=O) groups is 1. The molecule has 1 atom stereocenters. The molecule has 2 fully saturated rings. The number of carbonyl (C=O) groups excluding carboxylic acids is 1.